The fourth-order valence-electron chi connectivity index (χ4n) is 3.44. The van der Waals surface area contributed by atoms with E-state index in [2.05, 4.69) is 36.4 Å². The van der Waals surface area contributed by atoms with E-state index in [1.807, 2.05) is 6.08 Å². The van der Waals surface area contributed by atoms with Crippen LogP contribution in [0.2, 0.25) is 0 Å². The van der Waals surface area contributed by atoms with E-state index in [4.69, 9.17) is 14.6 Å². The average Bonchev–Trinajstić information content (AvgIpc) is 3.19. The molecule has 0 radical (unpaired) electrons. The molecule has 1 fully saturated rings. The molecule has 0 saturated heterocycles. The first-order chi connectivity index (χ1) is 14.3. The van der Waals surface area contributed by atoms with Gasteiger partial charge in [0.1, 0.15) is 0 Å². The van der Waals surface area contributed by atoms with Crippen molar-refractivity contribution in [2.45, 2.75) is 44.5 Å². The van der Waals surface area contributed by atoms with Crippen LogP contribution in [0.15, 0.2) is 35.0 Å². The number of rotatable bonds is 12. The molecule has 0 aliphatic heterocycles. The van der Waals surface area contributed by atoms with Gasteiger partial charge in [-0.25, -0.2) is 0 Å². The van der Waals surface area contributed by atoms with Gasteiger partial charge in [-0.2, -0.15) is 0 Å². The van der Waals surface area contributed by atoms with Crippen molar-refractivity contribution in [2.75, 3.05) is 13.2 Å². The molecule has 1 aliphatic rings. The summed E-state index contributed by atoms with van der Waals surface area (Å²) in [6.07, 6.45) is 6.89. The van der Waals surface area contributed by atoms with Gasteiger partial charge >= 0.3 is 191 Å². The van der Waals surface area contributed by atoms with E-state index in [0.717, 1.165) is 10.9 Å². The Bertz CT molecular complexity index is 745. The number of hydrogen-bond donors (Lipinski definition) is 3. The van der Waals surface area contributed by atoms with Gasteiger partial charge in [-0.1, -0.05) is 0 Å². The first-order valence-electron chi connectivity index (χ1n) is 9.83. The van der Waals surface area contributed by atoms with E-state index in [-0.39, 0.29) is 25.0 Å². The Labute approximate surface area is 190 Å². The van der Waals surface area contributed by atoms with Gasteiger partial charge in [-0.3, -0.25) is 0 Å². The zero-order valence-electron chi connectivity index (χ0n) is 16.9. The number of hydrogen-bond acceptors (Lipinski definition) is 6. The second kappa shape index (κ2) is 12.6. The Morgan fingerprint density at radius 3 is 2.90 bits per heavy atom. The van der Waals surface area contributed by atoms with Crippen molar-refractivity contribution < 1.29 is 29.6 Å². The summed E-state index contributed by atoms with van der Waals surface area (Å²) in [6.45, 7) is 1.79. The van der Waals surface area contributed by atoms with Crippen molar-refractivity contribution in [3.8, 4) is 0 Å². The van der Waals surface area contributed by atoms with Gasteiger partial charge < -0.3 is 0 Å². The van der Waals surface area contributed by atoms with Crippen molar-refractivity contribution in [3.63, 3.8) is 0 Å². The van der Waals surface area contributed by atoms with Crippen LogP contribution in [0.3, 0.4) is 0 Å². The Balaban J connectivity index is 1.89. The molecule has 30 heavy (non-hydrogen) atoms. The number of aliphatic hydroxyl groups excluding tert-OH is 2. The number of carbonyl (C=O) groups is 1. The number of thiophene rings is 1. The molecule has 1 aromatic rings. The van der Waals surface area contributed by atoms with Gasteiger partial charge in [0.2, 0.25) is 0 Å². The summed E-state index contributed by atoms with van der Waals surface area (Å²) in [5, 5.41) is 29.3. The molecule has 3 N–H and O–H groups in total. The van der Waals surface area contributed by atoms with Crippen LogP contribution in [0.4, 0.5) is 0 Å². The third kappa shape index (κ3) is 7.78. The third-order valence-electron chi connectivity index (χ3n) is 4.99. The van der Waals surface area contributed by atoms with Crippen LogP contribution < -0.4 is 0 Å². The molecule has 1 aromatic heterocycles. The van der Waals surface area contributed by atoms with Gasteiger partial charge in [0, 0.05) is 0 Å². The summed E-state index contributed by atoms with van der Waals surface area (Å²) < 4.78 is 11.7. The fourth-order valence-corrected chi connectivity index (χ4v) is 5.06. The number of halogens is 1. The van der Waals surface area contributed by atoms with Crippen LogP contribution in [0.25, 0.3) is 0 Å². The van der Waals surface area contributed by atoms with Crippen LogP contribution in [0.1, 0.15) is 22.6 Å². The van der Waals surface area contributed by atoms with E-state index < -0.39 is 24.3 Å². The zero-order valence-corrected chi connectivity index (χ0v) is 19.3. The molecule has 5 atom stereocenters. The van der Waals surface area contributed by atoms with Crippen LogP contribution >= 0.6 is 27.3 Å². The van der Waals surface area contributed by atoms with E-state index in [0.29, 0.717) is 12.8 Å². The number of carboxylic acids is 1. The Morgan fingerprint density at radius 1 is 1.50 bits per heavy atom. The van der Waals surface area contributed by atoms with Crippen LogP contribution in [0, 0.1) is 18.8 Å². The number of carboxylic acid groups (broad SMARTS) is 1. The van der Waals surface area contributed by atoms with Crippen LogP contribution in [-0.4, -0.2) is 66.3 Å². The van der Waals surface area contributed by atoms with Crippen molar-refractivity contribution in [1.29, 1.82) is 0 Å². The molecule has 1 aliphatic carbocycles. The first kappa shape index (κ1) is 25.0. The van der Waals surface area contributed by atoms with Gasteiger partial charge in [0.05, 0.1) is 0 Å². The quantitative estimate of drug-likeness (QED) is 0.177. The maximum absolute atomic E-state index is 10.4. The van der Waals surface area contributed by atoms with Gasteiger partial charge in [0.15, 0.2) is 0 Å². The van der Waals surface area contributed by atoms with Gasteiger partial charge in [0.25, 0.3) is 0 Å². The summed E-state index contributed by atoms with van der Waals surface area (Å²) >= 11 is 5.24. The molecule has 164 valence electrons. The summed E-state index contributed by atoms with van der Waals surface area (Å²) in [7, 11) is 3.85. The SMILES string of the molecule is B=C[C@@H]1CC(O)[C@H](O/C=C\COCC(=O)O)[C@H]1/C=C/[C@@H](O)CCc1cc(Br)c(C)s1. The summed E-state index contributed by atoms with van der Waals surface area (Å²) in [6, 6.07) is 2.09. The predicted octanol–water partition coefficient (Wildman–Crippen LogP) is 2.37. The van der Waals surface area contributed by atoms with Gasteiger partial charge in [-0.05, 0) is 0 Å². The molecule has 1 unspecified atom stereocenters. The molecular formula is C21H28BBrO6S. The minimum atomic E-state index is -1.03. The van der Waals surface area contributed by atoms with Crippen molar-refractivity contribution >= 4 is 46.7 Å². The van der Waals surface area contributed by atoms with Crippen LogP contribution in [0.5, 0.6) is 0 Å². The normalized spacial score (nSPS) is 25.2. The summed E-state index contributed by atoms with van der Waals surface area (Å²) in [5.41, 5.74) is 0. The number of aliphatic hydroxyl groups is 2. The molecule has 1 heterocycles. The molecule has 9 heteroatoms. The van der Waals surface area contributed by atoms with Crippen LogP contribution in [-0.2, 0) is 20.7 Å². The second-order valence-electron chi connectivity index (χ2n) is 7.27. The first-order valence-corrected chi connectivity index (χ1v) is 11.4. The van der Waals surface area contributed by atoms with E-state index >= 15 is 0 Å². The van der Waals surface area contributed by atoms with E-state index in [1.54, 1.807) is 29.5 Å². The van der Waals surface area contributed by atoms with Gasteiger partial charge in [-0.15, -0.1) is 0 Å². The molecule has 1 saturated carbocycles. The topological polar surface area (TPSA) is 96.2 Å². The zero-order chi connectivity index (χ0) is 22.1. The molecule has 0 aromatic carbocycles. The van der Waals surface area contributed by atoms with E-state index in [9.17, 15) is 15.0 Å². The molecule has 0 amide bonds. The van der Waals surface area contributed by atoms with Crippen molar-refractivity contribution in [3.05, 3.63) is 44.8 Å². The average molecular weight is 499 g/mol. The Morgan fingerprint density at radius 2 is 2.27 bits per heavy atom. The number of aliphatic carboxylic acids is 1. The molecule has 0 spiro atoms. The van der Waals surface area contributed by atoms with Crippen molar-refractivity contribution in [1.82, 2.24) is 0 Å². The molecule has 2 rings (SSSR count). The summed E-state index contributed by atoms with van der Waals surface area (Å²) in [4.78, 5) is 12.9. The second-order valence-corrected chi connectivity index (χ2v) is 9.46. The molecule has 0 bridgehead atoms. The summed E-state index contributed by atoms with van der Waals surface area (Å²) in [5.74, 6) is 0.699. The number of aryl methyl sites for hydroxylation is 2. The van der Waals surface area contributed by atoms with E-state index in [1.165, 1.54) is 16.0 Å². The molecule has 6 nitrogen and oxygen atoms in total. The predicted molar refractivity (Wildman–Crippen MR) is 124 cm³/mol. The Hall–Kier alpha value is -1.26. The van der Waals surface area contributed by atoms with Crippen molar-refractivity contribution in [2.24, 2.45) is 11.8 Å². The molecular weight excluding hydrogens is 471 g/mol. The fraction of sp³-hybridized carbons (Fsp3) is 0.524. The third-order valence-corrected chi connectivity index (χ3v) is 7.19. The Kier molecular flexibility index (Phi) is 10.5. The monoisotopic (exact) mass is 498 g/mol. The standard InChI is InChI=1S/C21H28BBrO6S/c1-13-18(23)10-16(30-13)5-3-15(24)4-6-17-14(11-22)9-19(25)21(17)29-8-2-7-28-12-20(26)27/h2,4,6,8,10-11,14-15,17,19,21-22,24-25H,3,5,7,9,12H2,1H3,(H,26,27)/b6-4+,8-2-/t14-,15-,17-,19?,21+/m0/s1. The maximum atomic E-state index is 10.4. The minimum absolute atomic E-state index is 0.0426. The number of ether oxygens (including phenoxy) is 2.